The van der Waals surface area contributed by atoms with Crippen molar-refractivity contribution in [3.8, 4) is 11.4 Å². The molecule has 1 aliphatic rings. The maximum absolute atomic E-state index is 6.19. The second kappa shape index (κ2) is 6.13. The molecule has 0 atom stereocenters. The number of hydrogen-bond donors (Lipinski definition) is 0. The molecule has 0 spiro atoms. The van der Waals surface area contributed by atoms with Gasteiger partial charge >= 0.3 is 0 Å². The summed E-state index contributed by atoms with van der Waals surface area (Å²) in [4.78, 5) is 12.2. The van der Waals surface area contributed by atoms with Crippen LogP contribution in [-0.2, 0) is 0 Å². The van der Waals surface area contributed by atoms with Crippen molar-refractivity contribution in [1.82, 2.24) is 9.97 Å². The van der Waals surface area contributed by atoms with Crippen LogP contribution in [0.1, 0.15) is 19.8 Å². The van der Waals surface area contributed by atoms with Gasteiger partial charge in [0.15, 0.2) is 17.2 Å². The van der Waals surface area contributed by atoms with Crippen LogP contribution in [0.4, 0.5) is 5.82 Å². The molecule has 5 rings (SSSR count). The Labute approximate surface area is 152 Å². The molecule has 0 aliphatic carbocycles. The normalized spacial score (nSPS) is 15.8. The largest absolute Gasteiger partial charge is 0.450 e. The fourth-order valence-corrected chi connectivity index (χ4v) is 3.73. The van der Waals surface area contributed by atoms with E-state index in [1.807, 2.05) is 36.4 Å². The van der Waals surface area contributed by atoms with Crippen LogP contribution in [0.15, 0.2) is 59.0 Å². The van der Waals surface area contributed by atoms with Gasteiger partial charge in [-0.2, -0.15) is 0 Å². The Kier molecular flexibility index (Phi) is 3.63. The first kappa shape index (κ1) is 15.4. The summed E-state index contributed by atoms with van der Waals surface area (Å²) in [6, 6.07) is 18.3. The third kappa shape index (κ3) is 2.53. The van der Waals surface area contributed by atoms with E-state index in [-0.39, 0.29) is 0 Å². The van der Waals surface area contributed by atoms with Gasteiger partial charge in [0.05, 0.1) is 0 Å². The molecule has 1 saturated heterocycles. The maximum atomic E-state index is 6.19. The van der Waals surface area contributed by atoms with Gasteiger partial charge in [-0.1, -0.05) is 49.4 Å². The van der Waals surface area contributed by atoms with E-state index in [4.69, 9.17) is 14.4 Å². The summed E-state index contributed by atoms with van der Waals surface area (Å²) in [5.74, 6) is 2.46. The van der Waals surface area contributed by atoms with Gasteiger partial charge in [0, 0.05) is 24.0 Å². The highest BCUT2D eigenvalue weighted by Gasteiger charge is 2.23. The minimum absolute atomic E-state index is 0.762. The van der Waals surface area contributed by atoms with Crippen LogP contribution in [0, 0.1) is 5.92 Å². The standard InChI is InChI=1S/C22H21N3O/c1-15-11-13-25(14-12-15)22-20-19(17-9-5-6-10-18(17)26-20)23-21(24-22)16-7-3-2-4-8-16/h2-10,15H,11-14H2,1H3. The van der Waals surface area contributed by atoms with Crippen LogP contribution < -0.4 is 4.90 Å². The Balaban J connectivity index is 1.75. The molecule has 4 aromatic rings. The van der Waals surface area contributed by atoms with E-state index in [1.54, 1.807) is 0 Å². The van der Waals surface area contributed by atoms with Gasteiger partial charge in [-0.15, -0.1) is 0 Å². The molecule has 0 bridgehead atoms. The molecule has 0 amide bonds. The highest BCUT2D eigenvalue weighted by molar-refractivity contribution is 6.06. The van der Waals surface area contributed by atoms with E-state index in [9.17, 15) is 0 Å². The van der Waals surface area contributed by atoms with E-state index in [0.29, 0.717) is 0 Å². The molecule has 0 saturated carbocycles. The van der Waals surface area contributed by atoms with E-state index < -0.39 is 0 Å². The van der Waals surface area contributed by atoms with Crippen molar-refractivity contribution in [2.45, 2.75) is 19.8 Å². The van der Waals surface area contributed by atoms with Crippen LogP contribution in [0.2, 0.25) is 0 Å². The fraction of sp³-hybridized carbons (Fsp3) is 0.273. The molecule has 1 fully saturated rings. The summed E-state index contributed by atoms with van der Waals surface area (Å²) in [6.07, 6.45) is 2.37. The topological polar surface area (TPSA) is 42.2 Å². The number of aromatic nitrogens is 2. The summed E-state index contributed by atoms with van der Waals surface area (Å²) in [7, 11) is 0. The SMILES string of the molecule is CC1CCN(c2nc(-c3ccccc3)nc3c2oc2ccccc23)CC1. The summed E-state index contributed by atoms with van der Waals surface area (Å²) in [5, 5.41) is 1.05. The lowest BCUT2D eigenvalue weighted by Gasteiger charge is -2.31. The number of rotatable bonds is 2. The summed E-state index contributed by atoms with van der Waals surface area (Å²) < 4.78 is 6.19. The Morgan fingerprint density at radius 2 is 1.65 bits per heavy atom. The van der Waals surface area contributed by atoms with E-state index in [0.717, 1.165) is 58.3 Å². The number of para-hydroxylation sites is 1. The third-order valence-corrected chi connectivity index (χ3v) is 5.32. The molecule has 26 heavy (non-hydrogen) atoms. The smallest absolute Gasteiger partial charge is 0.196 e. The second-order valence-corrected chi connectivity index (χ2v) is 7.18. The van der Waals surface area contributed by atoms with Gasteiger partial charge in [0.1, 0.15) is 11.1 Å². The Bertz CT molecular complexity index is 1060. The lowest BCUT2D eigenvalue weighted by Crippen LogP contribution is -2.33. The number of furan rings is 1. The Hall–Kier alpha value is -2.88. The van der Waals surface area contributed by atoms with Crippen molar-refractivity contribution in [1.29, 1.82) is 0 Å². The van der Waals surface area contributed by atoms with Gasteiger partial charge in [-0.3, -0.25) is 0 Å². The fourth-order valence-electron chi connectivity index (χ4n) is 3.73. The van der Waals surface area contributed by atoms with Crippen LogP contribution in [0.3, 0.4) is 0 Å². The first-order valence-electron chi connectivity index (χ1n) is 9.29. The molecular formula is C22H21N3O. The number of nitrogens with zero attached hydrogens (tertiary/aromatic N) is 3. The number of fused-ring (bicyclic) bond motifs is 3. The van der Waals surface area contributed by atoms with Gasteiger partial charge in [0.2, 0.25) is 0 Å². The molecule has 1 aliphatic heterocycles. The number of hydrogen-bond acceptors (Lipinski definition) is 4. The van der Waals surface area contributed by atoms with Gasteiger partial charge in [-0.05, 0) is 30.9 Å². The zero-order chi connectivity index (χ0) is 17.5. The van der Waals surface area contributed by atoms with Crippen molar-refractivity contribution >= 4 is 27.9 Å². The van der Waals surface area contributed by atoms with Crippen molar-refractivity contribution < 1.29 is 4.42 Å². The van der Waals surface area contributed by atoms with Crippen LogP contribution in [0.25, 0.3) is 33.5 Å². The first-order valence-corrected chi connectivity index (χ1v) is 9.29. The first-order chi connectivity index (χ1) is 12.8. The Morgan fingerprint density at radius 1 is 0.923 bits per heavy atom. The molecule has 2 aromatic heterocycles. The average molecular weight is 343 g/mol. The van der Waals surface area contributed by atoms with Crippen LogP contribution in [-0.4, -0.2) is 23.1 Å². The predicted molar refractivity (Wildman–Crippen MR) is 105 cm³/mol. The third-order valence-electron chi connectivity index (χ3n) is 5.32. The molecule has 4 nitrogen and oxygen atoms in total. The molecule has 2 aromatic carbocycles. The lowest BCUT2D eigenvalue weighted by molar-refractivity contribution is 0.436. The number of anilines is 1. The monoisotopic (exact) mass is 343 g/mol. The van der Waals surface area contributed by atoms with Crippen LogP contribution in [0.5, 0.6) is 0 Å². The maximum Gasteiger partial charge on any atom is 0.196 e. The minimum Gasteiger partial charge on any atom is -0.450 e. The second-order valence-electron chi connectivity index (χ2n) is 7.18. The van der Waals surface area contributed by atoms with Crippen LogP contribution >= 0.6 is 0 Å². The summed E-state index contributed by atoms with van der Waals surface area (Å²) in [6.45, 7) is 4.35. The highest BCUT2D eigenvalue weighted by atomic mass is 16.3. The molecular weight excluding hydrogens is 322 g/mol. The highest BCUT2D eigenvalue weighted by Crippen LogP contribution is 2.36. The molecule has 0 N–H and O–H groups in total. The van der Waals surface area contributed by atoms with Crippen molar-refractivity contribution in [2.24, 2.45) is 5.92 Å². The zero-order valence-corrected chi connectivity index (χ0v) is 14.9. The van der Waals surface area contributed by atoms with Gasteiger partial charge in [-0.25, -0.2) is 9.97 Å². The lowest BCUT2D eigenvalue weighted by atomic mass is 9.99. The molecule has 0 radical (unpaired) electrons. The summed E-state index contributed by atoms with van der Waals surface area (Å²) >= 11 is 0. The van der Waals surface area contributed by atoms with Crippen molar-refractivity contribution in [3.05, 3.63) is 54.6 Å². The molecule has 4 heteroatoms. The number of piperidine rings is 1. The van der Waals surface area contributed by atoms with E-state index in [1.165, 1.54) is 12.8 Å². The molecule has 130 valence electrons. The minimum atomic E-state index is 0.762. The predicted octanol–water partition coefficient (Wildman–Crippen LogP) is 5.28. The van der Waals surface area contributed by atoms with Gasteiger partial charge < -0.3 is 9.32 Å². The molecule has 3 heterocycles. The Morgan fingerprint density at radius 3 is 2.46 bits per heavy atom. The van der Waals surface area contributed by atoms with Crippen molar-refractivity contribution in [2.75, 3.05) is 18.0 Å². The number of benzene rings is 2. The molecule has 0 unspecified atom stereocenters. The quantitative estimate of drug-likeness (QED) is 0.496. The van der Waals surface area contributed by atoms with Crippen molar-refractivity contribution in [3.63, 3.8) is 0 Å². The van der Waals surface area contributed by atoms with Gasteiger partial charge in [0.25, 0.3) is 0 Å². The average Bonchev–Trinajstić information content (AvgIpc) is 3.07. The van der Waals surface area contributed by atoms with E-state index >= 15 is 0 Å². The van der Waals surface area contributed by atoms with E-state index in [2.05, 4.69) is 30.0 Å². The summed E-state index contributed by atoms with van der Waals surface area (Å²) in [5.41, 5.74) is 3.61. The zero-order valence-electron chi connectivity index (χ0n) is 14.9.